The van der Waals surface area contributed by atoms with Crippen LogP contribution >= 0.6 is 0 Å². The highest BCUT2D eigenvalue weighted by Gasteiger charge is 2.14. The van der Waals surface area contributed by atoms with E-state index in [-0.39, 0.29) is 11.8 Å². The molecule has 114 valence electrons. The maximum absolute atomic E-state index is 12.1. The van der Waals surface area contributed by atoms with Crippen molar-refractivity contribution in [1.29, 1.82) is 0 Å². The maximum atomic E-state index is 12.1. The van der Waals surface area contributed by atoms with Gasteiger partial charge in [-0.3, -0.25) is 9.59 Å². The second kappa shape index (κ2) is 7.26. The zero-order valence-corrected chi connectivity index (χ0v) is 12.5. The molecule has 0 fully saturated rings. The zero-order chi connectivity index (χ0) is 15.9. The summed E-state index contributed by atoms with van der Waals surface area (Å²) in [6.45, 7) is 3.11. The largest absolute Gasteiger partial charge is 0.481 e. The van der Waals surface area contributed by atoms with Crippen LogP contribution in [0.3, 0.4) is 0 Å². The summed E-state index contributed by atoms with van der Waals surface area (Å²) in [5.74, 6) is 0.213. The third-order valence-electron chi connectivity index (χ3n) is 2.88. The fourth-order valence-electron chi connectivity index (χ4n) is 1.88. The number of hydrogen-bond acceptors (Lipinski definition) is 3. The topological polar surface area (TPSA) is 67.4 Å². The Morgan fingerprint density at radius 1 is 0.955 bits per heavy atom. The molecular formula is C17H18N2O3. The Kier molecular flexibility index (Phi) is 5.14. The van der Waals surface area contributed by atoms with Gasteiger partial charge < -0.3 is 15.4 Å². The molecule has 0 aromatic heterocycles. The van der Waals surface area contributed by atoms with E-state index in [1.165, 1.54) is 6.92 Å². The molecule has 1 unspecified atom stereocenters. The Morgan fingerprint density at radius 3 is 2.23 bits per heavy atom. The van der Waals surface area contributed by atoms with Crippen LogP contribution in [-0.4, -0.2) is 17.9 Å². The van der Waals surface area contributed by atoms with Crippen LogP contribution in [0.15, 0.2) is 54.6 Å². The summed E-state index contributed by atoms with van der Waals surface area (Å²) in [7, 11) is 0. The van der Waals surface area contributed by atoms with Gasteiger partial charge in [-0.2, -0.15) is 0 Å². The first kappa shape index (κ1) is 15.6. The summed E-state index contributed by atoms with van der Waals surface area (Å²) in [5.41, 5.74) is 1.22. The lowest BCUT2D eigenvalue weighted by molar-refractivity contribution is -0.122. The lowest BCUT2D eigenvalue weighted by atomic mass is 10.2. The number of amides is 2. The SMILES string of the molecule is CC(=O)Nc1cccc(NC(=O)C(C)Oc2ccccc2)c1. The molecule has 5 heteroatoms. The molecule has 0 aliphatic carbocycles. The molecule has 0 bridgehead atoms. The number of carbonyl (C=O) groups is 2. The van der Waals surface area contributed by atoms with Crippen LogP contribution in [-0.2, 0) is 9.59 Å². The third-order valence-corrected chi connectivity index (χ3v) is 2.88. The number of benzene rings is 2. The van der Waals surface area contributed by atoms with Crippen molar-refractivity contribution in [3.8, 4) is 5.75 Å². The van der Waals surface area contributed by atoms with Gasteiger partial charge in [0, 0.05) is 18.3 Å². The van der Waals surface area contributed by atoms with Gasteiger partial charge in [0.05, 0.1) is 0 Å². The van der Waals surface area contributed by atoms with Crippen molar-refractivity contribution in [2.45, 2.75) is 20.0 Å². The van der Waals surface area contributed by atoms with Crippen LogP contribution in [0.1, 0.15) is 13.8 Å². The van der Waals surface area contributed by atoms with Crippen molar-refractivity contribution in [2.24, 2.45) is 0 Å². The number of hydrogen-bond donors (Lipinski definition) is 2. The molecule has 0 aliphatic rings. The molecule has 0 heterocycles. The molecule has 0 spiro atoms. The quantitative estimate of drug-likeness (QED) is 0.891. The number of carbonyl (C=O) groups excluding carboxylic acids is 2. The van der Waals surface area contributed by atoms with E-state index < -0.39 is 6.10 Å². The van der Waals surface area contributed by atoms with Crippen LogP contribution in [0.4, 0.5) is 11.4 Å². The highest BCUT2D eigenvalue weighted by molar-refractivity contribution is 5.95. The molecule has 0 radical (unpaired) electrons. The molecule has 0 saturated heterocycles. The van der Waals surface area contributed by atoms with E-state index in [0.29, 0.717) is 17.1 Å². The minimum absolute atomic E-state index is 0.163. The maximum Gasteiger partial charge on any atom is 0.265 e. The van der Waals surface area contributed by atoms with Crippen molar-refractivity contribution >= 4 is 23.2 Å². The van der Waals surface area contributed by atoms with E-state index in [4.69, 9.17) is 4.74 Å². The van der Waals surface area contributed by atoms with Gasteiger partial charge in [0.1, 0.15) is 5.75 Å². The lowest BCUT2D eigenvalue weighted by Gasteiger charge is -2.15. The smallest absolute Gasteiger partial charge is 0.265 e. The Labute approximate surface area is 129 Å². The predicted molar refractivity (Wildman–Crippen MR) is 85.9 cm³/mol. The summed E-state index contributed by atoms with van der Waals surface area (Å²) >= 11 is 0. The van der Waals surface area contributed by atoms with Gasteiger partial charge in [-0.25, -0.2) is 0 Å². The molecule has 0 aliphatic heterocycles. The second-order valence-electron chi connectivity index (χ2n) is 4.82. The number of para-hydroxylation sites is 1. The van der Waals surface area contributed by atoms with Crippen LogP contribution in [0.5, 0.6) is 5.75 Å². The Bertz CT molecular complexity index is 656. The van der Waals surface area contributed by atoms with Crippen molar-refractivity contribution in [1.82, 2.24) is 0 Å². The van der Waals surface area contributed by atoms with Crippen molar-refractivity contribution in [2.75, 3.05) is 10.6 Å². The van der Waals surface area contributed by atoms with E-state index >= 15 is 0 Å². The number of rotatable bonds is 5. The molecule has 2 aromatic carbocycles. The molecule has 1 atom stereocenters. The minimum atomic E-state index is -0.633. The summed E-state index contributed by atoms with van der Waals surface area (Å²) in [6.07, 6.45) is -0.633. The summed E-state index contributed by atoms with van der Waals surface area (Å²) in [4.78, 5) is 23.2. The summed E-state index contributed by atoms with van der Waals surface area (Å²) in [6, 6.07) is 16.1. The first-order valence-corrected chi connectivity index (χ1v) is 6.95. The van der Waals surface area contributed by atoms with Gasteiger partial charge in [-0.1, -0.05) is 24.3 Å². The highest BCUT2D eigenvalue weighted by Crippen LogP contribution is 2.16. The van der Waals surface area contributed by atoms with Crippen molar-refractivity contribution in [3.05, 3.63) is 54.6 Å². The van der Waals surface area contributed by atoms with E-state index in [2.05, 4.69) is 10.6 Å². The second-order valence-corrected chi connectivity index (χ2v) is 4.82. The summed E-state index contributed by atoms with van der Waals surface area (Å²) < 4.78 is 5.56. The van der Waals surface area contributed by atoms with Crippen molar-refractivity contribution in [3.63, 3.8) is 0 Å². The van der Waals surface area contributed by atoms with Gasteiger partial charge in [0.25, 0.3) is 5.91 Å². The van der Waals surface area contributed by atoms with E-state index in [1.807, 2.05) is 18.2 Å². The highest BCUT2D eigenvalue weighted by atomic mass is 16.5. The standard InChI is InChI=1S/C17H18N2O3/c1-12(22-16-9-4-3-5-10-16)17(21)19-15-8-6-7-14(11-15)18-13(2)20/h3-12H,1-2H3,(H,18,20)(H,19,21). The zero-order valence-electron chi connectivity index (χ0n) is 12.5. The Hall–Kier alpha value is -2.82. The molecule has 0 saturated carbocycles. The van der Waals surface area contributed by atoms with Crippen LogP contribution in [0.2, 0.25) is 0 Å². The van der Waals surface area contributed by atoms with E-state index in [0.717, 1.165) is 0 Å². The Morgan fingerprint density at radius 2 is 1.59 bits per heavy atom. The first-order valence-electron chi connectivity index (χ1n) is 6.95. The molecule has 2 rings (SSSR count). The average molecular weight is 298 g/mol. The molecular weight excluding hydrogens is 280 g/mol. The first-order chi connectivity index (χ1) is 10.5. The van der Waals surface area contributed by atoms with Gasteiger partial charge in [0.2, 0.25) is 5.91 Å². The van der Waals surface area contributed by atoms with Gasteiger partial charge in [-0.15, -0.1) is 0 Å². The summed E-state index contributed by atoms with van der Waals surface area (Å²) in [5, 5.41) is 5.43. The number of ether oxygens (including phenoxy) is 1. The predicted octanol–water partition coefficient (Wildman–Crippen LogP) is 3.05. The third kappa shape index (κ3) is 4.63. The monoisotopic (exact) mass is 298 g/mol. The fourth-order valence-corrected chi connectivity index (χ4v) is 1.88. The van der Waals surface area contributed by atoms with Crippen LogP contribution in [0, 0.1) is 0 Å². The molecule has 5 nitrogen and oxygen atoms in total. The number of nitrogens with one attached hydrogen (secondary N) is 2. The molecule has 2 aromatic rings. The molecule has 22 heavy (non-hydrogen) atoms. The number of anilines is 2. The molecule has 2 N–H and O–H groups in total. The van der Waals surface area contributed by atoms with Crippen LogP contribution in [0.25, 0.3) is 0 Å². The van der Waals surface area contributed by atoms with E-state index in [1.54, 1.807) is 43.3 Å². The van der Waals surface area contributed by atoms with Gasteiger partial charge >= 0.3 is 0 Å². The Balaban J connectivity index is 1.97. The van der Waals surface area contributed by atoms with Gasteiger partial charge in [0.15, 0.2) is 6.10 Å². The average Bonchev–Trinajstić information content (AvgIpc) is 2.48. The lowest BCUT2D eigenvalue weighted by Crippen LogP contribution is -2.30. The molecule has 2 amide bonds. The van der Waals surface area contributed by atoms with E-state index in [9.17, 15) is 9.59 Å². The van der Waals surface area contributed by atoms with Crippen LogP contribution < -0.4 is 15.4 Å². The fraction of sp³-hybridized carbons (Fsp3) is 0.176. The normalized spacial score (nSPS) is 11.4. The van der Waals surface area contributed by atoms with Gasteiger partial charge in [-0.05, 0) is 37.3 Å². The van der Waals surface area contributed by atoms with Crippen molar-refractivity contribution < 1.29 is 14.3 Å². The minimum Gasteiger partial charge on any atom is -0.481 e.